The first kappa shape index (κ1) is 14.0. The molecule has 92 valence electrons. The summed E-state index contributed by atoms with van der Waals surface area (Å²) in [5, 5.41) is 12.0. The Morgan fingerprint density at radius 3 is 2.82 bits per heavy atom. The van der Waals surface area contributed by atoms with E-state index in [-0.39, 0.29) is 0 Å². The van der Waals surface area contributed by atoms with E-state index in [0.717, 1.165) is 23.3 Å². The van der Waals surface area contributed by atoms with Crippen LogP contribution in [0.1, 0.15) is 19.4 Å². The van der Waals surface area contributed by atoms with Crippen LogP contribution in [0.25, 0.3) is 0 Å². The summed E-state index contributed by atoms with van der Waals surface area (Å²) in [7, 11) is 0. The van der Waals surface area contributed by atoms with Gasteiger partial charge in [0.15, 0.2) is 0 Å². The largest absolute Gasteiger partial charge is 0.383 e. The van der Waals surface area contributed by atoms with E-state index in [1.807, 2.05) is 12.1 Å². The van der Waals surface area contributed by atoms with Crippen LogP contribution in [0.15, 0.2) is 22.7 Å². The maximum absolute atomic E-state index is 8.79. The van der Waals surface area contributed by atoms with Crippen LogP contribution in [-0.2, 0) is 4.74 Å². The van der Waals surface area contributed by atoms with E-state index < -0.39 is 0 Å². The third-order valence-electron chi connectivity index (χ3n) is 2.12. The Labute approximate surface area is 111 Å². The summed E-state index contributed by atoms with van der Waals surface area (Å²) in [4.78, 5) is 0. The number of halogens is 1. The van der Waals surface area contributed by atoms with Crippen molar-refractivity contribution in [2.75, 3.05) is 25.1 Å². The molecule has 17 heavy (non-hydrogen) atoms. The van der Waals surface area contributed by atoms with E-state index in [4.69, 9.17) is 10.00 Å². The molecule has 0 aliphatic carbocycles. The van der Waals surface area contributed by atoms with Gasteiger partial charge in [0.05, 0.1) is 12.2 Å². The molecule has 1 rings (SSSR count). The van der Waals surface area contributed by atoms with E-state index in [2.05, 4.69) is 41.2 Å². The maximum Gasteiger partial charge on any atom is 0.100 e. The molecule has 0 aliphatic rings. The van der Waals surface area contributed by atoms with Gasteiger partial charge in [0.1, 0.15) is 6.07 Å². The topological polar surface area (TPSA) is 45.0 Å². The van der Waals surface area contributed by atoms with Gasteiger partial charge in [-0.2, -0.15) is 5.26 Å². The van der Waals surface area contributed by atoms with Gasteiger partial charge in [0.25, 0.3) is 0 Å². The molecular weight excluding hydrogens is 280 g/mol. The van der Waals surface area contributed by atoms with Gasteiger partial charge in [-0.1, -0.05) is 13.8 Å². The molecule has 0 bridgehead atoms. The Kier molecular flexibility index (Phi) is 6.03. The zero-order chi connectivity index (χ0) is 12.7. The van der Waals surface area contributed by atoms with E-state index >= 15 is 0 Å². The number of ether oxygens (including phenoxy) is 1. The summed E-state index contributed by atoms with van der Waals surface area (Å²) in [6.45, 7) is 6.51. The number of hydrogen-bond acceptors (Lipinski definition) is 3. The normalized spacial score (nSPS) is 10.3. The lowest BCUT2D eigenvalue weighted by Crippen LogP contribution is -2.12. The highest BCUT2D eigenvalue weighted by Crippen LogP contribution is 2.20. The smallest absolute Gasteiger partial charge is 0.100 e. The lowest BCUT2D eigenvalue weighted by Gasteiger charge is -2.09. The summed E-state index contributed by atoms with van der Waals surface area (Å²) in [6.07, 6.45) is 0. The zero-order valence-corrected chi connectivity index (χ0v) is 11.8. The molecule has 1 N–H and O–H groups in total. The fourth-order valence-corrected chi connectivity index (χ4v) is 1.77. The highest BCUT2D eigenvalue weighted by Gasteiger charge is 2.00. The zero-order valence-electron chi connectivity index (χ0n) is 10.2. The van der Waals surface area contributed by atoms with Gasteiger partial charge in [-0.05, 0) is 40.0 Å². The van der Waals surface area contributed by atoms with E-state index in [0.29, 0.717) is 18.1 Å². The van der Waals surface area contributed by atoms with Gasteiger partial charge in [-0.15, -0.1) is 0 Å². The van der Waals surface area contributed by atoms with E-state index in [1.54, 1.807) is 6.07 Å². The highest BCUT2D eigenvalue weighted by atomic mass is 79.9. The Hall–Kier alpha value is -1.05. The number of rotatable bonds is 6. The minimum atomic E-state index is 0.569. The Morgan fingerprint density at radius 1 is 1.47 bits per heavy atom. The SMILES string of the molecule is CC(C)COCCNc1ccc(C#N)c(Br)c1. The molecule has 3 nitrogen and oxygen atoms in total. The summed E-state index contributed by atoms with van der Waals surface area (Å²) < 4.78 is 6.28. The molecule has 0 atom stereocenters. The Morgan fingerprint density at radius 2 is 2.24 bits per heavy atom. The molecule has 0 saturated heterocycles. The maximum atomic E-state index is 8.79. The van der Waals surface area contributed by atoms with Gasteiger partial charge in [0.2, 0.25) is 0 Å². The molecule has 4 heteroatoms. The van der Waals surface area contributed by atoms with Gasteiger partial charge >= 0.3 is 0 Å². The molecule has 0 aromatic heterocycles. The van der Waals surface area contributed by atoms with Crippen LogP contribution in [0.3, 0.4) is 0 Å². The van der Waals surface area contributed by atoms with Crippen molar-refractivity contribution in [2.24, 2.45) is 5.92 Å². The van der Waals surface area contributed by atoms with Gasteiger partial charge in [-0.25, -0.2) is 0 Å². The fraction of sp³-hybridized carbons (Fsp3) is 0.462. The monoisotopic (exact) mass is 296 g/mol. The number of anilines is 1. The second-order valence-electron chi connectivity index (χ2n) is 4.20. The first-order valence-electron chi connectivity index (χ1n) is 5.64. The molecule has 0 amide bonds. The second-order valence-corrected chi connectivity index (χ2v) is 5.06. The van der Waals surface area contributed by atoms with E-state index in [9.17, 15) is 0 Å². The number of benzene rings is 1. The minimum Gasteiger partial charge on any atom is -0.383 e. The van der Waals surface area contributed by atoms with Crippen molar-refractivity contribution in [3.05, 3.63) is 28.2 Å². The standard InChI is InChI=1S/C13H17BrN2O/c1-10(2)9-17-6-5-16-12-4-3-11(8-15)13(14)7-12/h3-4,7,10,16H,5-6,9H2,1-2H3. The molecule has 0 radical (unpaired) electrons. The van der Waals surface area contributed by atoms with Crippen molar-refractivity contribution in [1.29, 1.82) is 5.26 Å². The van der Waals surface area contributed by atoms with Crippen LogP contribution >= 0.6 is 15.9 Å². The molecule has 0 heterocycles. The lowest BCUT2D eigenvalue weighted by atomic mass is 10.2. The Balaban J connectivity index is 2.33. The van der Waals surface area contributed by atoms with E-state index in [1.165, 1.54) is 0 Å². The van der Waals surface area contributed by atoms with Gasteiger partial charge in [-0.3, -0.25) is 0 Å². The van der Waals surface area contributed by atoms with Crippen LogP contribution in [-0.4, -0.2) is 19.8 Å². The fourth-order valence-electron chi connectivity index (χ4n) is 1.30. The molecule has 0 spiro atoms. The third-order valence-corrected chi connectivity index (χ3v) is 2.77. The van der Waals surface area contributed by atoms with Crippen LogP contribution in [0.4, 0.5) is 5.69 Å². The number of hydrogen-bond donors (Lipinski definition) is 1. The predicted octanol–water partition coefficient (Wildman–Crippen LogP) is 3.41. The summed E-state index contributed by atoms with van der Waals surface area (Å²) >= 11 is 3.36. The molecule has 0 saturated carbocycles. The quantitative estimate of drug-likeness (QED) is 0.818. The van der Waals surface area contributed by atoms with Gasteiger partial charge < -0.3 is 10.1 Å². The van der Waals surface area contributed by atoms with Crippen molar-refractivity contribution < 1.29 is 4.74 Å². The first-order valence-corrected chi connectivity index (χ1v) is 6.44. The van der Waals surface area contributed by atoms with Crippen LogP contribution in [0, 0.1) is 17.2 Å². The molecule has 0 fully saturated rings. The number of nitriles is 1. The van der Waals surface area contributed by atoms with Gasteiger partial charge in [0, 0.05) is 23.3 Å². The van der Waals surface area contributed by atoms with Crippen molar-refractivity contribution in [2.45, 2.75) is 13.8 Å². The van der Waals surface area contributed by atoms with Crippen LogP contribution in [0.2, 0.25) is 0 Å². The molecule has 0 aliphatic heterocycles. The second kappa shape index (κ2) is 7.31. The first-order chi connectivity index (χ1) is 8.13. The predicted molar refractivity (Wildman–Crippen MR) is 73.0 cm³/mol. The third kappa shape index (κ3) is 5.20. The summed E-state index contributed by atoms with van der Waals surface area (Å²) in [6, 6.07) is 7.70. The van der Waals surface area contributed by atoms with Crippen molar-refractivity contribution in [1.82, 2.24) is 0 Å². The van der Waals surface area contributed by atoms with Crippen LogP contribution < -0.4 is 5.32 Å². The van der Waals surface area contributed by atoms with Crippen molar-refractivity contribution in [3.63, 3.8) is 0 Å². The van der Waals surface area contributed by atoms with Crippen LogP contribution in [0.5, 0.6) is 0 Å². The molecular formula is C13H17BrN2O. The van der Waals surface area contributed by atoms with Crippen molar-refractivity contribution in [3.8, 4) is 6.07 Å². The number of nitrogens with one attached hydrogen (secondary N) is 1. The average molecular weight is 297 g/mol. The summed E-state index contributed by atoms with van der Waals surface area (Å²) in [5.41, 5.74) is 1.63. The molecule has 1 aromatic rings. The molecule has 0 unspecified atom stereocenters. The lowest BCUT2D eigenvalue weighted by molar-refractivity contribution is 0.118. The molecule has 1 aromatic carbocycles. The summed E-state index contributed by atoms with van der Waals surface area (Å²) in [5.74, 6) is 0.569. The highest BCUT2D eigenvalue weighted by molar-refractivity contribution is 9.10. The average Bonchev–Trinajstić information content (AvgIpc) is 2.28. The Bertz CT molecular complexity index is 399. The minimum absolute atomic E-state index is 0.569. The van der Waals surface area contributed by atoms with Crippen molar-refractivity contribution >= 4 is 21.6 Å². The number of nitrogens with zero attached hydrogens (tertiary/aromatic N) is 1.